The van der Waals surface area contributed by atoms with Crippen LogP contribution in [0.1, 0.15) is 18.4 Å². The first-order chi connectivity index (χ1) is 10.2. The molecule has 1 aromatic rings. The van der Waals surface area contributed by atoms with Crippen LogP contribution in [0.3, 0.4) is 0 Å². The Bertz CT molecular complexity index is 512. The van der Waals surface area contributed by atoms with Gasteiger partial charge in [-0.3, -0.25) is 9.59 Å². The molecule has 0 bridgehead atoms. The lowest BCUT2D eigenvalue weighted by Gasteiger charge is -2.33. The predicted molar refractivity (Wildman–Crippen MR) is 77.6 cm³/mol. The average molecular weight is 288 g/mol. The van der Waals surface area contributed by atoms with Crippen molar-refractivity contribution in [2.45, 2.75) is 31.4 Å². The largest absolute Gasteiger partial charge is 0.376 e. The van der Waals surface area contributed by atoms with Crippen LogP contribution in [0, 0.1) is 0 Å². The zero-order valence-electron chi connectivity index (χ0n) is 12.0. The minimum absolute atomic E-state index is 0.00560. The van der Waals surface area contributed by atoms with Gasteiger partial charge < -0.3 is 15.0 Å². The van der Waals surface area contributed by atoms with Crippen molar-refractivity contribution >= 4 is 11.8 Å². The fraction of sp³-hybridized carbons (Fsp3) is 0.500. The molecule has 5 nitrogen and oxygen atoms in total. The molecule has 0 aliphatic carbocycles. The molecule has 112 valence electrons. The van der Waals surface area contributed by atoms with Gasteiger partial charge in [0.15, 0.2) is 0 Å². The van der Waals surface area contributed by atoms with E-state index in [9.17, 15) is 9.59 Å². The monoisotopic (exact) mass is 288 g/mol. The summed E-state index contributed by atoms with van der Waals surface area (Å²) < 4.78 is 5.57. The summed E-state index contributed by atoms with van der Waals surface area (Å²) in [5.41, 5.74) is 1.05. The van der Waals surface area contributed by atoms with Crippen molar-refractivity contribution in [1.82, 2.24) is 10.2 Å². The normalized spacial score (nSPS) is 26.0. The van der Waals surface area contributed by atoms with Crippen LogP contribution in [0.25, 0.3) is 0 Å². The molecular formula is C16H20N2O3. The van der Waals surface area contributed by atoms with Crippen molar-refractivity contribution in [3.63, 3.8) is 0 Å². The molecule has 2 aliphatic rings. The van der Waals surface area contributed by atoms with E-state index in [0.29, 0.717) is 13.0 Å². The highest BCUT2D eigenvalue weighted by Gasteiger charge is 2.34. The van der Waals surface area contributed by atoms with E-state index in [-0.39, 0.29) is 24.5 Å². The van der Waals surface area contributed by atoms with Gasteiger partial charge in [-0.2, -0.15) is 0 Å². The number of benzene rings is 1. The number of carbonyl (C=O) groups excluding carboxylic acids is 2. The van der Waals surface area contributed by atoms with Crippen LogP contribution in [0.2, 0.25) is 0 Å². The molecule has 3 rings (SSSR count). The van der Waals surface area contributed by atoms with Crippen molar-refractivity contribution < 1.29 is 14.3 Å². The Morgan fingerprint density at radius 2 is 2.05 bits per heavy atom. The third-order valence-corrected chi connectivity index (χ3v) is 4.01. The molecule has 1 aromatic carbocycles. The van der Waals surface area contributed by atoms with Crippen LogP contribution in [0.4, 0.5) is 0 Å². The van der Waals surface area contributed by atoms with Crippen molar-refractivity contribution in [3.8, 4) is 0 Å². The minimum atomic E-state index is -0.463. The summed E-state index contributed by atoms with van der Waals surface area (Å²) in [6, 6.07) is 9.30. The highest BCUT2D eigenvalue weighted by Crippen LogP contribution is 2.16. The fourth-order valence-electron chi connectivity index (χ4n) is 2.95. The molecule has 0 spiro atoms. The van der Waals surface area contributed by atoms with E-state index in [1.807, 2.05) is 30.3 Å². The Hall–Kier alpha value is -1.88. The van der Waals surface area contributed by atoms with Crippen LogP contribution < -0.4 is 5.32 Å². The quantitative estimate of drug-likeness (QED) is 0.889. The number of hydrogen-bond acceptors (Lipinski definition) is 3. The number of nitrogens with zero attached hydrogens (tertiary/aromatic N) is 1. The Kier molecular flexibility index (Phi) is 4.20. The van der Waals surface area contributed by atoms with Gasteiger partial charge in [0.05, 0.1) is 12.6 Å². The zero-order chi connectivity index (χ0) is 14.7. The number of rotatable bonds is 4. The van der Waals surface area contributed by atoms with Crippen LogP contribution in [0.15, 0.2) is 30.3 Å². The molecule has 2 unspecified atom stereocenters. The summed E-state index contributed by atoms with van der Waals surface area (Å²) >= 11 is 0. The third-order valence-electron chi connectivity index (χ3n) is 4.01. The summed E-state index contributed by atoms with van der Waals surface area (Å²) in [7, 11) is 0. The molecule has 2 saturated heterocycles. The molecule has 21 heavy (non-hydrogen) atoms. The third kappa shape index (κ3) is 3.42. The maximum absolute atomic E-state index is 12.5. The minimum Gasteiger partial charge on any atom is -0.376 e. The topological polar surface area (TPSA) is 58.6 Å². The Morgan fingerprint density at radius 3 is 2.76 bits per heavy atom. The van der Waals surface area contributed by atoms with Crippen LogP contribution >= 0.6 is 0 Å². The second-order valence-electron chi connectivity index (χ2n) is 5.66. The molecule has 2 aliphatic heterocycles. The van der Waals surface area contributed by atoms with E-state index >= 15 is 0 Å². The second-order valence-corrected chi connectivity index (χ2v) is 5.66. The summed E-state index contributed by atoms with van der Waals surface area (Å²) in [5.74, 6) is -0.0949. The summed E-state index contributed by atoms with van der Waals surface area (Å²) in [6.07, 6.45) is 2.62. The van der Waals surface area contributed by atoms with E-state index in [0.717, 1.165) is 25.0 Å². The van der Waals surface area contributed by atoms with E-state index in [1.165, 1.54) is 0 Å². The summed E-state index contributed by atoms with van der Waals surface area (Å²) in [6.45, 7) is 1.42. The number of nitrogens with one attached hydrogen (secondary N) is 1. The van der Waals surface area contributed by atoms with Crippen LogP contribution in [-0.4, -0.2) is 48.6 Å². The summed E-state index contributed by atoms with van der Waals surface area (Å²) in [5, 5.41) is 2.80. The van der Waals surface area contributed by atoms with Gasteiger partial charge in [0.1, 0.15) is 6.04 Å². The van der Waals surface area contributed by atoms with Crippen molar-refractivity contribution in [1.29, 1.82) is 0 Å². The van der Waals surface area contributed by atoms with Crippen LogP contribution in [0.5, 0.6) is 0 Å². The molecular weight excluding hydrogens is 268 g/mol. The molecule has 2 amide bonds. The van der Waals surface area contributed by atoms with Crippen molar-refractivity contribution in [2.75, 3.05) is 19.7 Å². The smallest absolute Gasteiger partial charge is 0.246 e. The molecule has 0 radical (unpaired) electrons. The van der Waals surface area contributed by atoms with Gasteiger partial charge in [-0.1, -0.05) is 30.3 Å². The highest BCUT2D eigenvalue weighted by molar-refractivity contribution is 5.95. The second kappa shape index (κ2) is 6.26. The van der Waals surface area contributed by atoms with E-state index in [2.05, 4.69) is 5.32 Å². The van der Waals surface area contributed by atoms with Gasteiger partial charge in [-0.25, -0.2) is 0 Å². The van der Waals surface area contributed by atoms with E-state index in [4.69, 9.17) is 4.74 Å². The van der Waals surface area contributed by atoms with Gasteiger partial charge in [0.25, 0.3) is 0 Å². The standard InChI is InChI=1S/C16H20N2O3/c19-15-11-18(10-13-7-4-8-21-13)16(20)14(17-15)9-12-5-2-1-3-6-12/h1-3,5-6,13-14H,4,7-11H2,(H,17,19). The molecule has 2 atom stereocenters. The molecule has 2 heterocycles. The average Bonchev–Trinajstić information content (AvgIpc) is 2.98. The molecule has 5 heteroatoms. The Labute approximate surface area is 124 Å². The Morgan fingerprint density at radius 1 is 1.24 bits per heavy atom. The number of hydrogen-bond donors (Lipinski definition) is 1. The first kappa shape index (κ1) is 14.1. The predicted octanol–water partition coefficient (Wildman–Crippen LogP) is 0.735. The fourth-order valence-corrected chi connectivity index (χ4v) is 2.95. The Balaban J connectivity index is 1.66. The molecule has 0 saturated carbocycles. The maximum atomic E-state index is 12.5. The van der Waals surface area contributed by atoms with E-state index < -0.39 is 6.04 Å². The zero-order valence-corrected chi connectivity index (χ0v) is 12.0. The maximum Gasteiger partial charge on any atom is 0.246 e. The number of piperazine rings is 1. The van der Waals surface area contributed by atoms with Gasteiger partial charge in [-0.15, -0.1) is 0 Å². The van der Waals surface area contributed by atoms with Crippen molar-refractivity contribution in [2.24, 2.45) is 0 Å². The molecule has 2 fully saturated rings. The highest BCUT2D eigenvalue weighted by atomic mass is 16.5. The number of carbonyl (C=O) groups is 2. The molecule has 0 aromatic heterocycles. The first-order valence-corrected chi connectivity index (χ1v) is 7.46. The summed E-state index contributed by atoms with van der Waals surface area (Å²) in [4.78, 5) is 26.0. The lowest BCUT2D eigenvalue weighted by molar-refractivity contribution is -0.145. The van der Waals surface area contributed by atoms with Gasteiger partial charge >= 0.3 is 0 Å². The first-order valence-electron chi connectivity index (χ1n) is 7.46. The van der Waals surface area contributed by atoms with Crippen molar-refractivity contribution in [3.05, 3.63) is 35.9 Å². The lowest BCUT2D eigenvalue weighted by Crippen LogP contribution is -2.59. The van der Waals surface area contributed by atoms with Gasteiger partial charge in [0, 0.05) is 19.6 Å². The lowest BCUT2D eigenvalue weighted by atomic mass is 10.0. The van der Waals surface area contributed by atoms with Gasteiger partial charge in [0.2, 0.25) is 11.8 Å². The van der Waals surface area contributed by atoms with Crippen LogP contribution in [-0.2, 0) is 20.7 Å². The van der Waals surface area contributed by atoms with E-state index in [1.54, 1.807) is 4.90 Å². The number of amides is 2. The number of ether oxygens (including phenoxy) is 1. The van der Waals surface area contributed by atoms with Gasteiger partial charge in [-0.05, 0) is 18.4 Å². The molecule has 1 N–H and O–H groups in total. The SMILES string of the molecule is O=C1CN(CC2CCCO2)C(=O)C(Cc2ccccc2)N1.